The van der Waals surface area contributed by atoms with Crippen molar-refractivity contribution in [1.82, 2.24) is 5.32 Å². The first kappa shape index (κ1) is 19.1. The van der Waals surface area contributed by atoms with E-state index in [1.807, 2.05) is 6.07 Å². The van der Waals surface area contributed by atoms with Crippen LogP contribution in [0.4, 0.5) is 0 Å². The highest BCUT2D eigenvalue weighted by Crippen LogP contribution is 2.25. The number of carbonyl (C=O) groups excluding carboxylic acids is 1. The number of carboxylic acids is 1. The highest BCUT2D eigenvalue weighted by Gasteiger charge is 2.24. The molecular formula is C20H21NO5S. The lowest BCUT2D eigenvalue weighted by Gasteiger charge is -2.15. The van der Waals surface area contributed by atoms with Gasteiger partial charge in [-0.25, -0.2) is 13.2 Å². The van der Waals surface area contributed by atoms with Crippen LogP contribution in [0.3, 0.4) is 0 Å². The van der Waals surface area contributed by atoms with Crippen LogP contribution in [0.15, 0.2) is 53.4 Å². The molecule has 0 aliphatic heterocycles. The Kier molecular flexibility index (Phi) is 5.60. The van der Waals surface area contributed by atoms with Gasteiger partial charge in [-0.3, -0.25) is 4.79 Å². The highest BCUT2D eigenvalue weighted by molar-refractivity contribution is 7.91. The summed E-state index contributed by atoms with van der Waals surface area (Å²) in [6.45, 7) is 0. The number of rotatable bonds is 7. The Labute approximate surface area is 158 Å². The number of carboxylic acid groups (broad SMARTS) is 1. The molecule has 0 spiro atoms. The summed E-state index contributed by atoms with van der Waals surface area (Å²) in [7, 11) is -3.61. The summed E-state index contributed by atoms with van der Waals surface area (Å²) >= 11 is 0. The van der Waals surface area contributed by atoms with Crippen molar-refractivity contribution in [1.29, 1.82) is 0 Å². The average molecular weight is 387 g/mol. The van der Waals surface area contributed by atoms with Crippen molar-refractivity contribution >= 4 is 21.7 Å². The third kappa shape index (κ3) is 4.54. The molecule has 7 heteroatoms. The van der Waals surface area contributed by atoms with E-state index >= 15 is 0 Å². The fourth-order valence-corrected chi connectivity index (χ4v) is 4.54. The summed E-state index contributed by atoms with van der Waals surface area (Å²) in [5.74, 6) is -2.18. The Morgan fingerprint density at radius 2 is 1.74 bits per heavy atom. The van der Waals surface area contributed by atoms with Gasteiger partial charge in [0.05, 0.1) is 10.6 Å². The third-order valence-electron chi connectivity index (χ3n) is 4.71. The Morgan fingerprint density at radius 3 is 2.44 bits per heavy atom. The molecule has 2 aromatic rings. The molecule has 0 saturated heterocycles. The maximum atomic E-state index is 12.5. The van der Waals surface area contributed by atoms with Gasteiger partial charge in [-0.05, 0) is 48.1 Å². The molecular weight excluding hydrogens is 366 g/mol. The molecule has 3 rings (SSSR count). The predicted molar refractivity (Wildman–Crippen MR) is 100 cm³/mol. The normalized spacial score (nSPS) is 14.4. The van der Waals surface area contributed by atoms with E-state index in [1.54, 1.807) is 42.5 Å². The summed E-state index contributed by atoms with van der Waals surface area (Å²) in [5, 5.41) is 11.7. The number of nitrogens with one attached hydrogen (secondary N) is 1. The standard InChI is InChI=1S/C20H21NO5S/c22-18(21-19(20(23)24)15-5-2-1-3-6-15)11-12-27(25,26)17-10-9-14-7-4-8-16(14)13-17/h1-3,5-6,9-10,13,19H,4,7-8,11-12H2,(H,21,22)(H,23,24)/t19-/m1/s1. The number of aliphatic carboxylic acids is 1. The molecule has 1 atom stereocenters. The molecule has 1 aliphatic carbocycles. The SMILES string of the molecule is O=C(CCS(=O)(=O)c1ccc2c(c1)CCC2)N[C@@H](C(=O)O)c1ccccc1. The predicted octanol–water partition coefficient (Wildman–Crippen LogP) is 2.28. The minimum absolute atomic E-state index is 0.216. The summed E-state index contributed by atoms with van der Waals surface area (Å²) in [4.78, 5) is 23.8. The van der Waals surface area contributed by atoms with Crippen LogP contribution in [0.5, 0.6) is 0 Å². The number of hydrogen-bond acceptors (Lipinski definition) is 4. The minimum Gasteiger partial charge on any atom is -0.479 e. The smallest absolute Gasteiger partial charge is 0.330 e. The van der Waals surface area contributed by atoms with E-state index in [-0.39, 0.29) is 17.1 Å². The maximum Gasteiger partial charge on any atom is 0.330 e. The topological polar surface area (TPSA) is 101 Å². The second-order valence-electron chi connectivity index (χ2n) is 6.60. The van der Waals surface area contributed by atoms with E-state index in [1.165, 1.54) is 5.56 Å². The summed E-state index contributed by atoms with van der Waals surface area (Å²) in [6.07, 6.45) is 2.57. The number of hydrogen-bond donors (Lipinski definition) is 2. The van der Waals surface area contributed by atoms with Crippen molar-refractivity contribution in [3.05, 3.63) is 65.2 Å². The van der Waals surface area contributed by atoms with Gasteiger partial charge >= 0.3 is 5.97 Å². The summed E-state index contributed by atoms with van der Waals surface area (Å²) in [6, 6.07) is 12.2. The zero-order chi connectivity index (χ0) is 19.4. The lowest BCUT2D eigenvalue weighted by Crippen LogP contribution is -2.34. The molecule has 27 heavy (non-hydrogen) atoms. The van der Waals surface area contributed by atoms with Crippen LogP contribution in [0.25, 0.3) is 0 Å². The zero-order valence-electron chi connectivity index (χ0n) is 14.7. The molecule has 0 unspecified atom stereocenters. The Balaban J connectivity index is 1.65. The van der Waals surface area contributed by atoms with Gasteiger partial charge in [0.2, 0.25) is 5.91 Å². The van der Waals surface area contributed by atoms with Crippen LogP contribution in [-0.4, -0.2) is 31.2 Å². The highest BCUT2D eigenvalue weighted by atomic mass is 32.2. The molecule has 1 amide bonds. The fraction of sp³-hybridized carbons (Fsp3) is 0.300. The summed E-state index contributed by atoms with van der Waals surface area (Å²) < 4.78 is 25.1. The van der Waals surface area contributed by atoms with Crippen molar-refractivity contribution < 1.29 is 23.1 Å². The second kappa shape index (κ2) is 7.92. The number of sulfone groups is 1. The molecule has 0 heterocycles. The molecule has 142 valence electrons. The van der Waals surface area contributed by atoms with Gasteiger partial charge in [0.15, 0.2) is 15.9 Å². The monoisotopic (exact) mass is 387 g/mol. The summed E-state index contributed by atoms with van der Waals surface area (Å²) in [5.41, 5.74) is 2.66. The van der Waals surface area contributed by atoms with E-state index in [9.17, 15) is 23.1 Å². The van der Waals surface area contributed by atoms with Crippen molar-refractivity contribution in [3.63, 3.8) is 0 Å². The zero-order valence-corrected chi connectivity index (χ0v) is 15.5. The number of amides is 1. The van der Waals surface area contributed by atoms with Crippen LogP contribution in [0, 0.1) is 0 Å². The molecule has 0 bridgehead atoms. The first-order valence-electron chi connectivity index (χ1n) is 8.78. The molecule has 1 aliphatic rings. The van der Waals surface area contributed by atoms with Gasteiger partial charge in [-0.15, -0.1) is 0 Å². The van der Waals surface area contributed by atoms with Crippen molar-refractivity contribution in [2.45, 2.75) is 36.6 Å². The second-order valence-corrected chi connectivity index (χ2v) is 8.71. The van der Waals surface area contributed by atoms with Crippen molar-refractivity contribution in [2.24, 2.45) is 0 Å². The number of benzene rings is 2. The van der Waals surface area contributed by atoms with E-state index < -0.39 is 27.8 Å². The lowest BCUT2D eigenvalue weighted by molar-refractivity contribution is -0.142. The quantitative estimate of drug-likeness (QED) is 0.759. The molecule has 6 nitrogen and oxygen atoms in total. The van der Waals surface area contributed by atoms with Crippen molar-refractivity contribution in [2.75, 3.05) is 5.75 Å². The molecule has 0 saturated carbocycles. The largest absolute Gasteiger partial charge is 0.479 e. The molecule has 0 aromatic heterocycles. The van der Waals surface area contributed by atoms with Crippen LogP contribution in [-0.2, 0) is 32.3 Å². The molecule has 2 aromatic carbocycles. The number of carbonyl (C=O) groups is 2. The van der Waals surface area contributed by atoms with Gasteiger partial charge in [-0.1, -0.05) is 36.4 Å². The van der Waals surface area contributed by atoms with Gasteiger partial charge in [0.25, 0.3) is 0 Å². The first-order chi connectivity index (χ1) is 12.9. The van der Waals surface area contributed by atoms with Gasteiger partial charge in [0, 0.05) is 6.42 Å². The Morgan fingerprint density at radius 1 is 1.04 bits per heavy atom. The van der Waals surface area contributed by atoms with Crippen LogP contribution in [0.2, 0.25) is 0 Å². The Bertz CT molecular complexity index is 954. The van der Waals surface area contributed by atoms with E-state index in [4.69, 9.17) is 0 Å². The van der Waals surface area contributed by atoms with Crippen LogP contribution < -0.4 is 5.32 Å². The lowest BCUT2D eigenvalue weighted by atomic mass is 10.1. The maximum absolute atomic E-state index is 12.5. The molecule has 2 N–H and O–H groups in total. The number of aryl methyl sites for hydroxylation is 2. The Hall–Kier alpha value is -2.67. The third-order valence-corrected chi connectivity index (χ3v) is 6.43. The minimum atomic E-state index is -3.61. The fourth-order valence-electron chi connectivity index (χ4n) is 3.25. The van der Waals surface area contributed by atoms with E-state index in [0.717, 1.165) is 24.8 Å². The average Bonchev–Trinajstić information content (AvgIpc) is 3.13. The van der Waals surface area contributed by atoms with Crippen molar-refractivity contribution in [3.8, 4) is 0 Å². The molecule has 0 radical (unpaired) electrons. The van der Waals surface area contributed by atoms with Crippen LogP contribution in [0.1, 0.15) is 35.6 Å². The van der Waals surface area contributed by atoms with E-state index in [2.05, 4.69) is 5.32 Å². The van der Waals surface area contributed by atoms with E-state index in [0.29, 0.717) is 5.56 Å². The van der Waals surface area contributed by atoms with Gasteiger partial charge in [0.1, 0.15) is 0 Å². The van der Waals surface area contributed by atoms with Gasteiger partial charge < -0.3 is 10.4 Å². The first-order valence-corrected chi connectivity index (χ1v) is 10.4. The van der Waals surface area contributed by atoms with Crippen LogP contribution >= 0.6 is 0 Å². The van der Waals surface area contributed by atoms with Gasteiger partial charge in [-0.2, -0.15) is 0 Å². The molecule has 0 fully saturated rings. The number of fused-ring (bicyclic) bond motifs is 1.